The van der Waals surface area contributed by atoms with Gasteiger partial charge in [-0.05, 0) is 51.9 Å². The highest BCUT2D eigenvalue weighted by atomic mass is 32.2. The number of hydrogen-bond acceptors (Lipinski definition) is 6. The summed E-state index contributed by atoms with van der Waals surface area (Å²) in [5.74, 6) is 0. The summed E-state index contributed by atoms with van der Waals surface area (Å²) in [5, 5.41) is 15.0. The molecule has 6 nitrogen and oxygen atoms in total. The third kappa shape index (κ3) is 3.83. The lowest BCUT2D eigenvalue weighted by molar-refractivity contribution is 0.155. The minimum atomic E-state index is -0.187. The highest BCUT2D eigenvalue weighted by Gasteiger charge is 2.22. The first-order chi connectivity index (χ1) is 14.4. The molecule has 0 aliphatic carbocycles. The second-order valence-electron chi connectivity index (χ2n) is 6.46. The number of tetrazole rings is 1. The fourth-order valence-corrected chi connectivity index (χ4v) is 4.05. The van der Waals surface area contributed by atoms with E-state index in [1.807, 2.05) is 73.0 Å². The van der Waals surface area contributed by atoms with Gasteiger partial charge in [0, 0.05) is 11.6 Å². The number of hydrogen-bond donors (Lipinski definition) is 0. The first kappa shape index (κ1) is 17.8. The van der Waals surface area contributed by atoms with Crippen LogP contribution in [0.15, 0.2) is 95.1 Å². The summed E-state index contributed by atoms with van der Waals surface area (Å²) >= 11 is 1.46. The highest BCUT2D eigenvalue weighted by molar-refractivity contribution is 7.99. The standard InChI is InChI=1S/C22H17N5OS/c1-2-9-17(10-3-1)27-22(24-25-26-27)29-21-14-13-18(28-21)15-23-20-12-6-8-16-7-4-5-11-19(16)20/h1-15,18,21H. The molecule has 0 saturated heterocycles. The van der Waals surface area contributed by atoms with E-state index in [4.69, 9.17) is 4.74 Å². The zero-order valence-corrected chi connectivity index (χ0v) is 16.2. The zero-order chi connectivity index (χ0) is 19.5. The Morgan fingerprint density at radius 1 is 0.931 bits per heavy atom. The molecule has 2 atom stereocenters. The third-order valence-electron chi connectivity index (χ3n) is 4.54. The van der Waals surface area contributed by atoms with E-state index in [0.29, 0.717) is 5.16 Å². The molecule has 4 aromatic rings. The quantitative estimate of drug-likeness (QED) is 0.363. The highest BCUT2D eigenvalue weighted by Crippen LogP contribution is 2.29. The maximum absolute atomic E-state index is 6.05. The molecule has 29 heavy (non-hydrogen) atoms. The van der Waals surface area contributed by atoms with Gasteiger partial charge in [-0.25, -0.2) is 0 Å². The van der Waals surface area contributed by atoms with Gasteiger partial charge >= 0.3 is 0 Å². The lowest BCUT2D eigenvalue weighted by Crippen LogP contribution is -2.11. The molecular weight excluding hydrogens is 382 g/mol. The van der Waals surface area contributed by atoms with Crippen LogP contribution in [0.3, 0.4) is 0 Å². The van der Waals surface area contributed by atoms with E-state index in [1.165, 1.54) is 17.1 Å². The van der Waals surface area contributed by atoms with Gasteiger partial charge in [0.1, 0.15) is 11.5 Å². The Morgan fingerprint density at radius 2 is 1.76 bits per heavy atom. The Labute approximate surface area is 171 Å². The lowest BCUT2D eigenvalue weighted by Gasteiger charge is -2.10. The molecule has 0 saturated carbocycles. The van der Waals surface area contributed by atoms with Crippen molar-refractivity contribution < 1.29 is 4.74 Å². The van der Waals surface area contributed by atoms with Gasteiger partial charge < -0.3 is 4.74 Å². The van der Waals surface area contributed by atoms with E-state index < -0.39 is 0 Å². The summed E-state index contributed by atoms with van der Waals surface area (Å²) < 4.78 is 7.76. The van der Waals surface area contributed by atoms with Crippen LogP contribution >= 0.6 is 11.8 Å². The van der Waals surface area contributed by atoms with Gasteiger partial charge in [-0.1, -0.05) is 60.7 Å². The van der Waals surface area contributed by atoms with Gasteiger partial charge in [-0.2, -0.15) is 4.68 Å². The minimum absolute atomic E-state index is 0.174. The fourth-order valence-electron chi connectivity index (χ4n) is 3.16. The van der Waals surface area contributed by atoms with Crippen molar-refractivity contribution >= 4 is 34.4 Å². The van der Waals surface area contributed by atoms with Gasteiger partial charge in [0.2, 0.25) is 5.16 Å². The van der Waals surface area contributed by atoms with E-state index in [9.17, 15) is 0 Å². The van der Waals surface area contributed by atoms with Crippen molar-refractivity contribution in [2.24, 2.45) is 4.99 Å². The van der Waals surface area contributed by atoms with Crippen LogP contribution in [0.25, 0.3) is 16.5 Å². The van der Waals surface area contributed by atoms with E-state index in [0.717, 1.165) is 16.8 Å². The number of thioether (sulfide) groups is 1. The smallest absolute Gasteiger partial charge is 0.216 e. The maximum Gasteiger partial charge on any atom is 0.216 e. The van der Waals surface area contributed by atoms with Crippen LogP contribution in [0.2, 0.25) is 0 Å². The maximum atomic E-state index is 6.05. The van der Waals surface area contributed by atoms with Crippen molar-refractivity contribution in [3.63, 3.8) is 0 Å². The summed E-state index contributed by atoms with van der Waals surface area (Å²) in [6.45, 7) is 0. The van der Waals surface area contributed by atoms with Gasteiger partial charge in [0.05, 0.1) is 11.4 Å². The first-order valence-corrected chi connectivity index (χ1v) is 10.1. The Kier molecular flexibility index (Phi) is 4.90. The van der Waals surface area contributed by atoms with E-state index in [-0.39, 0.29) is 11.5 Å². The molecule has 142 valence electrons. The molecule has 0 spiro atoms. The summed E-state index contributed by atoms with van der Waals surface area (Å²) in [4.78, 5) is 4.66. The number of ether oxygens (including phenoxy) is 1. The SMILES string of the molecule is C1=CC(Sc2nnnn2-c2ccccc2)OC1C=Nc1cccc2ccccc12. The van der Waals surface area contributed by atoms with Gasteiger partial charge in [0.25, 0.3) is 0 Å². The van der Waals surface area contributed by atoms with Crippen molar-refractivity contribution in [1.82, 2.24) is 20.2 Å². The van der Waals surface area contributed by atoms with Crippen molar-refractivity contribution in [2.45, 2.75) is 16.7 Å². The normalized spacial score (nSPS) is 18.8. The van der Waals surface area contributed by atoms with Crippen LogP contribution in [0, 0.1) is 0 Å². The molecule has 3 aromatic carbocycles. The number of aromatic nitrogens is 4. The molecule has 2 unspecified atom stereocenters. The van der Waals surface area contributed by atoms with Crippen molar-refractivity contribution in [1.29, 1.82) is 0 Å². The van der Waals surface area contributed by atoms with Crippen molar-refractivity contribution in [3.05, 3.63) is 84.9 Å². The lowest BCUT2D eigenvalue weighted by atomic mass is 10.1. The summed E-state index contributed by atoms with van der Waals surface area (Å²) in [6, 6.07) is 24.1. The molecular formula is C22H17N5OS. The van der Waals surface area contributed by atoms with Crippen LogP contribution in [0.4, 0.5) is 5.69 Å². The number of nitrogens with zero attached hydrogens (tertiary/aromatic N) is 5. The molecule has 7 heteroatoms. The predicted molar refractivity (Wildman–Crippen MR) is 115 cm³/mol. The number of fused-ring (bicyclic) bond motifs is 1. The molecule has 0 N–H and O–H groups in total. The van der Waals surface area contributed by atoms with Crippen molar-refractivity contribution in [2.75, 3.05) is 0 Å². The Hall–Kier alpha value is -3.29. The average molecular weight is 399 g/mol. The number of benzene rings is 3. The summed E-state index contributed by atoms with van der Waals surface area (Å²) in [5.41, 5.74) is 1.67. The largest absolute Gasteiger partial charge is 0.350 e. The Balaban J connectivity index is 1.28. The molecule has 2 heterocycles. The van der Waals surface area contributed by atoms with Crippen LogP contribution in [-0.2, 0) is 4.74 Å². The third-order valence-corrected chi connectivity index (χ3v) is 5.51. The van der Waals surface area contributed by atoms with Gasteiger partial charge in [-0.3, -0.25) is 4.99 Å². The molecule has 5 rings (SSSR count). The number of aliphatic imine (C=N–C) groups is 1. The van der Waals surface area contributed by atoms with Gasteiger partial charge in [0.15, 0.2) is 0 Å². The van der Waals surface area contributed by atoms with Crippen LogP contribution in [0.1, 0.15) is 0 Å². The van der Waals surface area contributed by atoms with Crippen LogP contribution in [-0.4, -0.2) is 38.0 Å². The van der Waals surface area contributed by atoms with E-state index in [1.54, 1.807) is 4.68 Å². The van der Waals surface area contributed by atoms with Crippen molar-refractivity contribution in [3.8, 4) is 5.69 Å². The zero-order valence-electron chi connectivity index (χ0n) is 15.4. The van der Waals surface area contributed by atoms with Crippen LogP contribution in [0.5, 0.6) is 0 Å². The molecule has 0 bridgehead atoms. The molecule has 1 aliphatic rings. The summed E-state index contributed by atoms with van der Waals surface area (Å²) in [7, 11) is 0. The second kappa shape index (κ2) is 7.98. The number of rotatable bonds is 5. The molecule has 1 aromatic heterocycles. The monoisotopic (exact) mass is 399 g/mol. The average Bonchev–Trinajstić information content (AvgIpc) is 3.42. The minimum Gasteiger partial charge on any atom is -0.350 e. The number of para-hydroxylation sites is 1. The topological polar surface area (TPSA) is 65.2 Å². The Bertz CT molecular complexity index is 1180. The van der Waals surface area contributed by atoms with Gasteiger partial charge in [-0.15, -0.1) is 5.10 Å². The first-order valence-electron chi connectivity index (χ1n) is 9.23. The predicted octanol–water partition coefficient (Wildman–Crippen LogP) is 4.59. The Morgan fingerprint density at radius 3 is 2.69 bits per heavy atom. The fraction of sp³-hybridized carbons (Fsp3) is 0.0909. The molecule has 0 amide bonds. The molecule has 1 aliphatic heterocycles. The summed E-state index contributed by atoms with van der Waals surface area (Å²) in [6.07, 6.45) is 5.66. The molecule has 0 radical (unpaired) electrons. The van der Waals surface area contributed by atoms with E-state index >= 15 is 0 Å². The van der Waals surface area contributed by atoms with Crippen LogP contribution < -0.4 is 0 Å². The second-order valence-corrected chi connectivity index (χ2v) is 7.52. The van der Waals surface area contributed by atoms with E-state index in [2.05, 4.69) is 38.7 Å². The molecule has 0 fully saturated rings.